The number of benzene rings is 1. The van der Waals surface area contributed by atoms with E-state index in [4.69, 9.17) is 5.73 Å². The Morgan fingerprint density at radius 1 is 1.41 bits per heavy atom. The Morgan fingerprint density at radius 3 is 2.94 bits per heavy atom. The number of tetrazole rings is 1. The number of nitrogens with two attached hydrogens (primary N) is 1. The third kappa shape index (κ3) is 2.41. The lowest BCUT2D eigenvalue weighted by atomic mass is 10.1. The van der Waals surface area contributed by atoms with E-state index in [0.29, 0.717) is 17.1 Å². The monoisotopic (exact) mass is 235 g/mol. The lowest BCUT2D eigenvalue weighted by molar-refractivity contribution is 0.557. The molecule has 0 radical (unpaired) electrons. The summed E-state index contributed by atoms with van der Waals surface area (Å²) < 4.78 is 14.6. The first-order valence-corrected chi connectivity index (χ1v) is 5.54. The maximum Gasteiger partial charge on any atom is 0.184 e. The average Bonchev–Trinajstić information content (AvgIpc) is 2.74. The number of nitrogen functional groups attached to an aromatic ring is 1. The molecule has 5 nitrogen and oxygen atoms in total. The Morgan fingerprint density at radius 2 is 2.24 bits per heavy atom. The zero-order valence-electron chi connectivity index (χ0n) is 9.60. The number of anilines is 1. The van der Waals surface area contributed by atoms with Crippen LogP contribution in [0.2, 0.25) is 0 Å². The van der Waals surface area contributed by atoms with Crippen molar-refractivity contribution in [3.05, 3.63) is 24.0 Å². The Hall–Kier alpha value is -1.98. The van der Waals surface area contributed by atoms with Crippen LogP contribution in [0.1, 0.15) is 19.8 Å². The highest BCUT2D eigenvalue weighted by Crippen LogP contribution is 2.24. The van der Waals surface area contributed by atoms with Gasteiger partial charge in [-0.3, -0.25) is 0 Å². The lowest BCUT2D eigenvalue weighted by Crippen LogP contribution is -2.04. The van der Waals surface area contributed by atoms with E-state index in [1.165, 1.54) is 12.1 Å². The zero-order valence-corrected chi connectivity index (χ0v) is 9.60. The molecule has 0 saturated carbocycles. The number of halogens is 1. The van der Waals surface area contributed by atoms with E-state index in [1.807, 2.05) is 0 Å². The first kappa shape index (κ1) is 11.5. The Kier molecular flexibility index (Phi) is 3.32. The van der Waals surface area contributed by atoms with Crippen molar-refractivity contribution < 1.29 is 4.39 Å². The smallest absolute Gasteiger partial charge is 0.184 e. The number of nitrogens with zero attached hydrogens (tertiary/aromatic N) is 4. The predicted octanol–water partition coefficient (Wildman–Crippen LogP) is 1.86. The van der Waals surface area contributed by atoms with Crippen molar-refractivity contribution in [3.8, 4) is 11.4 Å². The number of hydrogen-bond donors (Lipinski definition) is 1. The van der Waals surface area contributed by atoms with E-state index in [9.17, 15) is 4.39 Å². The standard InChI is InChI=1S/C11H14FN5/c1-2-3-6-17-11(14-15-16-17)9-5-4-8(12)7-10(9)13/h4-5,7H,2-3,6,13H2,1H3. The van der Waals surface area contributed by atoms with E-state index in [-0.39, 0.29) is 5.82 Å². The molecule has 1 aromatic carbocycles. The van der Waals surface area contributed by atoms with E-state index < -0.39 is 0 Å². The van der Waals surface area contributed by atoms with Gasteiger partial charge in [-0.1, -0.05) is 13.3 Å². The molecule has 1 aromatic heterocycles. The molecule has 0 atom stereocenters. The third-order valence-electron chi connectivity index (χ3n) is 2.51. The van der Waals surface area contributed by atoms with E-state index in [2.05, 4.69) is 22.4 Å². The highest BCUT2D eigenvalue weighted by Gasteiger charge is 2.11. The molecule has 0 amide bonds. The fraction of sp³-hybridized carbons (Fsp3) is 0.364. The zero-order chi connectivity index (χ0) is 12.3. The van der Waals surface area contributed by atoms with Gasteiger partial charge in [-0.15, -0.1) is 5.10 Å². The highest BCUT2D eigenvalue weighted by molar-refractivity contribution is 5.71. The molecule has 2 rings (SSSR count). The van der Waals surface area contributed by atoms with Gasteiger partial charge >= 0.3 is 0 Å². The topological polar surface area (TPSA) is 69.6 Å². The SMILES string of the molecule is CCCCn1nnnc1-c1ccc(F)cc1N. The summed E-state index contributed by atoms with van der Waals surface area (Å²) in [6.07, 6.45) is 2.04. The van der Waals surface area contributed by atoms with Crippen LogP contribution in [0, 0.1) is 5.82 Å². The summed E-state index contributed by atoms with van der Waals surface area (Å²) in [6.45, 7) is 2.83. The molecule has 1 heterocycles. The minimum atomic E-state index is -0.362. The van der Waals surface area contributed by atoms with Crippen LogP contribution in [0.4, 0.5) is 10.1 Å². The second-order valence-electron chi connectivity index (χ2n) is 3.81. The predicted molar refractivity (Wildman–Crippen MR) is 62.5 cm³/mol. The van der Waals surface area contributed by atoms with Gasteiger partial charge in [-0.2, -0.15) is 0 Å². The number of unbranched alkanes of at least 4 members (excludes halogenated alkanes) is 1. The minimum absolute atomic E-state index is 0.345. The molecule has 0 bridgehead atoms. The quantitative estimate of drug-likeness (QED) is 0.821. The van der Waals surface area contributed by atoms with Crippen LogP contribution in [0.15, 0.2) is 18.2 Å². The summed E-state index contributed by atoms with van der Waals surface area (Å²) in [6, 6.07) is 4.22. The summed E-state index contributed by atoms with van der Waals surface area (Å²) in [4.78, 5) is 0. The Labute approximate surface area is 98.4 Å². The van der Waals surface area contributed by atoms with Crippen molar-refractivity contribution in [1.82, 2.24) is 20.2 Å². The van der Waals surface area contributed by atoms with Gasteiger partial charge in [0.25, 0.3) is 0 Å². The number of aromatic nitrogens is 4. The molecule has 0 saturated heterocycles. The maximum absolute atomic E-state index is 13.0. The van der Waals surface area contributed by atoms with Crippen molar-refractivity contribution in [2.45, 2.75) is 26.3 Å². The molecule has 90 valence electrons. The van der Waals surface area contributed by atoms with Gasteiger partial charge in [0, 0.05) is 17.8 Å². The molecule has 0 aliphatic heterocycles. The molecule has 0 unspecified atom stereocenters. The molecule has 17 heavy (non-hydrogen) atoms. The molecule has 0 fully saturated rings. The summed E-state index contributed by atoms with van der Waals surface area (Å²) in [5, 5.41) is 11.5. The number of hydrogen-bond acceptors (Lipinski definition) is 4. The van der Waals surface area contributed by atoms with Crippen molar-refractivity contribution in [2.75, 3.05) is 5.73 Å². The van der Waals surface area contributed by atoms with Crippen LogP contribution in [0.25, 0.3) is 11.4 Å². The largest absolute Gasteiger partial charge is 0.398 e. The summed E-state index contributed by atoms with van der Waals surface area (Å²) in [7, 11) is 0. The number of rotatable bonds is 4. The normalized spacial score (nSPS) is 10.7. The average molecular weight is 235 g/mol. The van der Waals surface area contributed by atoms with Crippen molar-refractivity contribution in [2.24, 2.45) is 0 Å². The fourth-order valence-electron chi connectivity index (χ4n) is 1.59. The van der Waals surface area contributed by atoms with Gasteiger partial charge in [0.05, 0.1) is 0 Å². The molecule has 0 spiro atoms. The summed E-state index contributed by atoms with van der Waals surface area (Å²) >= 11 is 0. The Bertz CT molecular complexity index is 508. The summed E-state index contributed by atoms with van der Waals surface area (Å²) in [5.74, 6) is 0.217. The van der Waals surface area contributed by atoms with Crippen molar-refractivity contribution in [1.29, 1.82) is 0 Å². The van der Waals surface area contributed by atoms with Gasteiger partial charge < -0.3 is 5.73 Å². The van der Waals surface area contributed by atoms with E-state index in [1.54, 1.807) is 10.7 Å². The van der Waals surface area contributed by atoms with Gasteiger partial charge in [0.1, 0.15) is 5.82 Å². The summed E-state index contributed by atoms with van der Waals surface area (Å²) in [5.41, 5.74) is 6.77. The van der Waals surface area contributed by atoms with Gasteiger partial charge in [-0.25, -0.2) is 9.07 Å². The lowest BCUT2D eigenvalue weighted by Gasteiger charge is -2.06. The van der Waals surface area contributed by atoms with Gasteiger partial charge in [-0.05, 0) is 35.0 Å². The fourth-order valence-corrected chi connectivity index (χ4v) is 1.59. The van der Waals surface area contributed by atoms with Crippen molar-refractivity contribution >= 4 is 5.69 Å². The van der Waals surface area contributed by atoms with Crippen LogP contribution in [-0.4, -0.2) is 20.2 Å². The van der Waals surface area contributed by atoms with Gasteiger partial charge in [0.15, 0.2) is 5.82 Å². The molecule has 2 N–H and O–H groups in total. The van der Waals surface area contributed by atoms with Crippen LogP contribution in [-0.2, 0) is 6.54 Å². The highest BCUT2D eigenvalue weighted by atomic mass is 19.1. The molecular formula is C11H14FN5. The van der Waals surface area contributed by atoms with Crippen LogP contribution in [0.5, 0.6) is 0 Å². The van der Waals surface area contributed by atoms with E-state index >= 15 is 0 Å². The maximum atomic E-state index is 13.0. The second-order valence-corrected chi connectivity index (χ2v) is 3.81. The van der Waals surface area contributed by atoms with Crippen LogP contribution in [0.3, 0.4) is 0 Å². The first-order chi connectivity index (χ1) is 8.22. The molecule has 0 aliphatic carbocycles. The second kappa shape index (κ2) is 4.90. The van der Waals surface area contributed by atoms with Crippen LogP contribution >= 0.6 is 0 Å². The van der Waals surface area contributed by atoms with E-state index in [0.717, 1.165) is 19.4 Å². The van der Waals surface area contributed by atoms with Crippen molar-refractivity contribution in [3.63, 3.8) is 0 Å². The Balaban J connectivity index is 2.35. The number of aryl methyl sites for hydroxylation is 1. The molecule has 6 heteroatoms. The first-order valence-electron chi connectivity index (χ1n) is 5.54. The minimum Gasteiger partial charge on any atom is -0.398 e. The molecule has 2 aromatic rings. The third-order valence-corrected chi connectivity index (χ3v) is 2.51. The molecular weight excluding hydrogens is 221 g/mol. The van der Waals surface area contributed by atoms with Gasteiger partial charge in [0.2, 0.25) is 0 Å². The molecule has 0 aliphatic rings. The van der Waals surface area contributed by atoms with Crippen LogP contribution < -0.4 is 5.73 Å².